The fourth-order valence-corrected chi connectivity index (χ4v) is 2.29. The van der Waals surface area contributed by atoms with Gasteiger partial charge in [-0.3, -0.25) is 4.79 Å². The monoisotopic (exact) mass is 280 g/mol. The Labute approximate surface area is 143 Å². The summed E-state index contributed by atoms with van der Waals surface area (Å²) in [4.78, 5) is 10.3. The molecule has 1 N–H and O–H groups in total. The van der Waals surface area contributed by atoms with Crippen molar-refractivity contribution in [1.29, 1.82) is 0 Å². The predicted octanol–water partition coefficient (Wildman–Crippen LogP) is 2.67. The van der Waals surface area contributed by atoms with Crippen LogP contribution in [0.5, 0.6) is 0 Å². The Hall–Kier alpha value is 0.470. The Bertz CT molecular complexity index is 189. The largest absolute Gasteiger partial charge is 1.00 e. The second kappa shape index (κ2) is 18.5. The van der Waals surface area contributed by atoms with Crippen LogP contribution in [0.2, 0.25) is 0 Å². The fourth-order valence-electron chi connectivity index (χ4n) is 2.29. The standard InChI is InChI=1S/C16H32O2.Na.H/c1-2-3-4-5-6-7-8-9-10-11-12-13-14-15-16(17)18;;/h2-15H2,1H3,(H,17,18);;/q;+1;-1. The Morgan fingerprint density at radius 2 is 1.05 bits per heavy atom. The van der Waals surface area contributed by atoms with Crippen LogP contribution in [0.1, 0.15) is 98.2 Å². The summed E-state index contributed by atoms with van der Waals surface area (Å²) in [6.45, 7) is 2.26. The normalized spacial score (nSPS) is 10.2. The third-order valence-electron chi connectivity index (χ3n) is 3.49. The number of hydrogen-bond acceptors (Lipinski definition) is 1. The molecule has 0 aliphatic heterocycles. The number of carbonyl (C=O) groups is 1. The first-order chi connectivity index (χ1) is 8.77. The van der Waals surface area contributed by atoms with E-state index in [9.17, 15) is 4.79 Å². The van der Waals surface area contributed by atoms with Crippen LogP contribution in [0.4, 0.5) is 0 Å². The van der Waals surface area contributed by atoms with Crippen molar-refractivity contribution >= 4 is 5.97 Å². The summed E-state index contributed by atoms with van der Waals surface area (Å²) in [7, 11) is 0. The average Bonchev–Trinajstić information content (AvgIpc) is 2.34. The van der Waals surface area contributed by atoms with Crippen LogP contribution in [0.25, 0.3) is 0 Å². The summed E-state index contributed by atoms with van der Waals surface area (Å²) < 4.78 is 0. The van der Waals surface area contributed by atoms with Crippen molar-refractivity contribution in [2.45, 2.75) is 96.8 Å². The Balaban J connectivity index is -0.00000144. The first-order valence-electron chi connectivity index (χ1n) is 7.99. The third-order valence-corrected chi connectivity index (χ3v) is 3.49. The zero-order valence-corrected chi connectivity index (χ0v) is 15.3. The molecule has 0 aliphatic carbocycles. The van der Waals surface area contributed by atoms with Gasteiger partial charge in [-0.2, -0.15) is 0 Å². The minimum Gasteiger partial charge on any atom is -1.00 e. The molecule has 0 aromatic heterocycles. The van der Waals surface area contributed by atoms with Crippen LogP contribution in [-0.2, 0) is 4.79 Å². The van der Waals surface area contributed by atoms with Crippen molar-refractivity contribution in [2.75, 3.05) is 0 Å². The molecule has 0 fully saturated rings. The van der Waals surface area contributed by atoms with E-state index in [1.165, 1.54) is 70.6 Å². The van der Waals surface area contributed by atoms with E-state index in [0.717, 1.165) is 12.8 Å². The number of unbranched alkanes of at least 4 members (excludes halogenated alkanes) is 12. The molecule has 0 rings (SSSR count). The van der Waals surface area contributed by atoms with Gasteiger partial charge in [0, 0.05) is 6.42 Å². The van der Waals surface area contributed by atoms with Crippen LogP contribution < -0.4 is 29.6 Å². The number of carboxylic acids is 1. The molecule has 2 nitrogen and oxygen atoms in total. The molecule has 0 unspecified atom stereocenters. The van der Waals surface area contributed by atoms with E-state index in [2.05, 4.69) is 6.92 Å². The van der Waals surface area contributed by atoms with Crippen molar-refractivity contribution in [1.82, 2.24) is 0 Å². The van der Waals surface area contributed by atoms with Crippen molar-refractivity contribution < 1.29 is 40.9 Å². The summed E-state index contributed by atoms with van der Waals surface area (Å²) in [5, 5.41) is 8.49. The van der Waals surface area contributed by atoms with E-state index < -0.39 is 5.97 Å². The molecule has 0 saturated carbocycles. The van der Waals surface area contributed by atoms with Gasteiger partial charge >= 0.3 is 35.5 Å². The molecule has 19 heavy (non-hydrogen) atoms. The molecule has 0 aliphatic rings. The second-order valence-corrected chi connectivity index (χ2v) is 5.39. The maximum atomic E-state index is 10.3. The number of rotatable bonds is 14. The van der Waals surface area contributed by atoms with Gasteiger partial charge in [-0.15, -0.1) is 0 Å². The van der Waals surface area contributed by atoms with E-state index in [4.69, 9.17) is 5.11 Å². The second-order valence-electron chi connectivity index (χ2n) is 5.39. The maximum absolute atomic E-state index is 10.3. The van der Waals surface area contributed by atoms with Crippen LogP contribution in [0.3, 0.4) is 0 Å². The fraction of sp³-hybridized carbons (Fsp3) is 0.938. The van der Waals surface area contributed by atoms with Gasteiger partial charge in [0.25, 0.3) is 0 Å². The minimum absolute atomic E-state index is 0. The molecule has 3 heteroatoms. The summed E-state index contributed by atoms with van der Waals surface area (Å²) >= 11 is 0. The predicted molar refractivity (Wildman–Crippen MR) is 79.1 cm³/mol. The van der Waals surface area contributed by atoms with Crippen LogP contribution in [0, 0.1) is 0 Å². The van der Waals surface area contributed by atoms with Crippen LogP contribution in [-0.4, -0.2) is 11.1 Å². The molecule has 0 amide bonds. The van der Waals surface area contributed by atoms with Gasteiger partial charge in [0.1, 0.15) is 0 Å². The third kappa shape index (κ3) is 20.9. The molecule has 0 atom stereocenters. The van der Waals surface area contributed by atoms with Gasteiger partial charge in [-0.1, -0.05) is 84.0 Å². The first kappa shape index (κ1) is 21.8. The molecule has 0 spiro atoms. The smallest absolute Gasteiger partial charge is 1.00 e. The van der Waals surface area contributed by atoms with Crippen molar-refractivity contribution in [3.8, 4) is 0 Å². The molecule has 0 aromatic rings. The molecular formula is C16H33NaO2. The maximum Gasteiger partial charge on any atom is 1.00 e. The average molecular weight is 280 g/mol. The van der Waals surface area contributed by atoms with Gasteiger partial charge in [-0.25, -0.2) is 0 Å². The van der Waals surface area contributed by atoms with Crippen molar-refractivity contribution in [2.24, 2.45) is 0 Å². The van der Waals surface area contributed by atoms with Crippen molar-refractivity contribution in [3.63, 3.8) is 0 Å². The molecule has 0 heterocycles. The van der Waals surface area contributed by atoms with E-state index in [-0.39, 0.29) is 31.0 Å². The molecule has 0 saturated heterocycles. The minimum atomic E-state index is -0.655. The Morgan fingerprint density at radius 1 is 0.737 bits per heavy atom. The summed E-state index contributed by atoms with van der Waals surface area (Å²) in [5.74, 6) is -0.655. The molecule has 110 valence electrons. The van der Waals surface area contributed by atoms with Gasteiger partial charge < -0.3 is 6.53 Å². The first-order valence-corrected chi connectivity index (χ1v) is 7.99. The molecule has 0 bridgehead atoms. The van der Waals surface area contributed by atoms with Gasteiger partial charge in [0.15, 0.2) is 0 Å². The van der Waals surface area contributed by atoms with E-state index in [0.29, 0.717) is 6.42 Å². The van der Waals surface area contributed by atoms with Gasteiger partial charge in [0.2, 0.25) is 0 Å². The summed E-state index contributed by atoms with van der Waals surface area (Å²) in [6, 6.07) is 0. The topological polar surface area (TPSA) is 37.3 Å². The van der Waals surface area contributed by atoms with Crippen LogP contribution >= 0.6 is 0 Å². The van der Waals surface area contributed by atoms with Crippen molar-refractivity contribution in [3.05, 3.63) is 0 Å². The van der Waals surface area contributed by atoms with E-state index >= 15 is 0 Å². The SMILES string of the molecule is CCCCCCCCCCCCCCCC(=O)O.[H-].[Na+]. The summed E-state index contributed by atoms with van der Waals surface area (Å²) in [5.41, 5.74) is 0. The Kier molecular flexibility index (Phi) is 21.2. The Morgan fingerprint density at radius 3 is 1.37 bits per heavy atom. The molecular weight excluding hydrogens is 247 g/mol. The molecule has 0 radical (unpaired) electrons. The van der Waals surface area contributed by atoms with E-state index in [1.54, 1.807) is 0 Å². The van der Waals surface area contributed by atoms with E-state index in [1.807, 2.05) is 0 Å². The number of hydrogen-bond donors (Lipinski definition) is 1. The zero-order chi connectivity index (χ0) is 13.5. The quantitative estimate of drug-likeness (QED) is 0.392. The number of aliphatic carboxylic acids is 1. The summed E-state index contributed by atoms with van der Waals surface area (Å²) in [6.07, 6.45) is 17.3. The molecule has 0 aromatic carbocycles. The van der Waals surface area contributed by atoms with Crippen LogP contribution in [0.15, 0.2) is 0 Å². The number of carboxylic acid groups (broad SMARTS) is 1. The zero-order valence-electron chi connectivity index (χ0n) is 14.3. The van der Waals surface area contributed by atoms with Gasteiger partial charge in [-0.05, 0) is 6.42 Å². The van der Waals surface area contributed by atoms with Gasteiger partial charge in [0.05, 0.1) is 0 Å².